The number of thiophene rings is 1. The van der Waals surface area contributed by atoms with E-state index in [1.54, 1.807) is 30.3 Å². The van der Waals surface area contributed by atoms with Crippen molar-refractivity contribution in [2.24, 2.45) is 5.73 Å². The molecule has 0 spiro atoms. The van der Waals surface area contributed by atoms with Gasteiger partial charge in [0.15, 0.2) is 12.4 Å². The molecule has 0 aliphatic rings. The van der Waals surface area contributed by atoms with E-state index < -0.39 is 29.8 Å². The summed E-state index contributed by atoms with van der Waals surface area (Å²) >= 11 is 0.816. The highest BCUT2D eigenvalue weighted by Gasteiger charge is 2.25. The minimum absolute atomic E-state index is 0.000831. The molecule has 0 fully saturated rings. The van der Waals surface area contributed by atoms with Gasteiger partial charge in [0.1, 0.15) is 27.0 Å². The zero-order chi connectivity index (χ0) is 26.8. The Kier molecular flexibility index (Phi) is 6.79. The number of carbonyl (C=O) groups is 2. The van der Waals surface area contributed by atoms with Gasteiger partial charge < -0.3 is 15.8 Å². The molecule has 12 heteroatoms. The van der Waals surface area contributed by atoms with E-state index in [2.05, 4.69) is 15.4 Å². The Bertz CT molecular complexity index is 1640. The number of aromatic nitrogens is 3. The topological polar surface area (TPSA) is 112 Å². The highest BCUT2D eigenvalue weighted by molar-refractivity contribution is 7.21. The molecule has 5 aromatic rings. The first kappa shape index (κ1) is 25.0. The van der Waals surface area contributed by atoms with Gasteiger partial charge in [-0.25, -0.2) is 22.8 Å². The third-order valence-electron chi connectivity index (χ3n) is 5.50. The number of pyridine rings is 1. The van der Waals surface area contributed by atoms with Crippen LogP contribution in [-0.2, 0) is 6.73 Å². The largest absolute Gasteiger partial charge is 0.471 e. The number of carbonyl (C=O) groups excluding carboxylic acids is 2. The molecule has 3 heterocycles. The fourth-order valence-corrected chi connectivity index (χ4v) is 4.79. The second-order valence-corrected chi connectivity index (χ2v) is 9.03. The number of amides is 2. The lowest BCUT2D eigenvalue weighted by molar-refractivity contribution is 0.100. The highest BCUT2D eigenvalue weighted by atomic mass is 32.1. The third-order valence-corrected chi connectivity index (χ3v) is 6.60. The van der Waals surface area contributed by atoms with Crippen molar-refractivity contribution in [3.05, 3.63) is 95.0 Å². The molecule has 5 rings (SSSR count). The number of benzene rings is 2. The fraction of sp³-hybridized carbons (Fsp3) is 0.0769. The number of alkyl halides is 2. The van der Waals surface area contributed by atoms with Crippen LogP contribution in [0.2, 0.25) is 0 Å². The fourth-order valence-electron chi connectivity index (χ4n) is 3.77. The number of nitrogens with one attached hydrogen (secondary N) is 1. The van der Waals surface area contributed by atoms with Crippen LogP contribution in [0.3, 0.4) is 0 Å². The summed E-state index contributed by atoms with van der Waals surface area (Å²) in [6, 6.07) is 16.8. The smallest absolute Gasteiger partial charge is 0.280 e. The van der Waals surface area contributed by atoms with Crippen LogP contribution in [0.15, 0.2) is 72.9 Å². The second-order valence-electron chi connectivity index (χ2n) is 8.03. The average Bonchev–Trinajstić information content (AvgIpc) is 3.53. The first-order valence-corrected chi connectivity index (χ1v) is 12.0. The van der Waals surface area contributed by atoms with Crippen molar-refractivity contribution in [2.45, 2.75) is 13.2 Å². The minimum Gasteiger partial charge on any atom is -0.471 e. The highest BCUT2D eigenvalue weighted by Crippen LogP contribution is 2.42. The Morgan fingerprint density at radius 2 is 1.82 bits per heavy atom. The molecule has 0 aliphatic carbocycles. The molecule has 0 saturated carbocycles. The van der Waals surface area contributed by atoms with Gasteiger partial charge in [0.05, 0.1) is 5.69 Å². The maximum absolute atomic E-state index is 13.6. The number of primary amides is 1. The maximum Gasteiger partial charge on any atom is 0.280 e. The Labute approximate surface area is 217 Å². The van der Waals surface area contributed by atoms with Gasteiger partial charge in [0.25, 0.3) is 18.2 Å². The number of halogens is 3. The predicted molar refractivity (Wildman–Crippen MR) is 136 cm³/mol. The van der Waals surface area contributed by atoms with Crippen LogP contribution in [0, 0.1) is 5.82 Å². The summed E-state index contributed by atoms with van der Waals surface area (Å²) in [6.07, 6.45) is -1.34. The summed E-state index contributed by atoms with van der Waals surface area (Å²) in [5, 5.41) is 7.15. The molecule has 3 aromatic heterocycles. The number of nitrogens with two attached hydrogens (primary N) is 1. The van der Waals surface area contributed by atoms with E-state index in [0.29, 0.717) is 22.3 Å². The van der Waals surface area contributed by atoms with Crippen LogP contribution in [0.1, 0.15) is 32.3 Å². The molecule has 0 saturated heterocycles. The van der Waals surface area contributed by atoms with E-state index in [4.69, 9.17) is 10.5 Å². The first-order valence-electron chi connectivity index (χ1n) is 11.1. The molecule has 8 nitrogen and oxygen atoms in total. The second kappa shape index (κ2) is 10.3. The first-order chi connectivity index (χ1) is 18.3. The van der Waals surface area contributed by atoms with Crippen molar-refractivity contribution in [3.63, 3.8) is 0 Å². The maximum atomic E-state index is 13.6. The summed E-state index contributed by atoms with van der Waals surface area (Å²) in [6.45, 7) is -0.0503. The standard InChI is InChI=1S/C26H18F3N5O3S/c27-15-6-8-16(9-7-15)37-13-34-11-10-18(33-34)25(36)32-21-20-17(14-4-2-1-3-5-14)12-19(23(28)29)31-26(20)38-22(21)24(30)35/h1-12,23H,13H2,(H2,30,35)(H,32,36). The molecule has 0 atom stereocenters. The average molecular weight is 538 g/mol. The molecule has 0 aliphatic heterocycles. The molecule has 3 N–H and O–H groups in total. The van der Waals surface area contributed by atoms with Crippen molar-refractivity contribution >= 4 is 39.1 Å². The van der Waals surface area contributed by atoms with Gasteiger partial charge in [-0.2, -0.15) is 5.10 Å². The van der Waals surface area contributed by atoms with Crippen molar-refractivity contribution in [1.29, 1.82) is 0 Å². The molecule has 0 unspecified atom stereocenters. The number of fused-ring (bicyclic) bond motifs is 1. The molecule has 0 bridgehead atoms. The number of hydrogen-bond acceptors (Lipinski definition) is 6. The van der Waals surface area contributed by atoms with Gasteiger partial charge >= 0.3 is 0 Å². The van der Waals surface area contributed by atoms with E-state index in [1.807, 2.05) is 0 Å². The minimum atomic E-state index is -2.85. The van der Waals surface area contributed by atoms with Gasteiger partial charge in [-0.3, -0.25) is 9.59 Å². The van der Waals surface area contributed by atoms with Gasteiger partial charge in [-0.05, 0) is 47.5 Å². The van der Waals surface area contributed by atoms with Gasteiger partial charge in [0.2, 0.25) is 0 Å². The lowest BCUT2D eigenvalue weighted by Gasteiger charge is -2.10. The van der Waals surface area contributed by atoms with Crippen molar-refractivity contribution in [3.8, 4) is 16.9 Å². The monoisotopic (exact) mass is 537 g/mol. The molecular formula is C26H18F3N5O3S. The van der Waals surface area contributed by atoms with E-state index >= 15 is 0 Å². The van der Waals surface area contributed by atoms with E-state index in [-0.39, 0.29) is 27.8 Å². The van der Waals surface area contributed by atoms with Crippen LogP contribution < -0.4 is 15.8 Å². The number of ether oxygens (including phenoxy) is 1. The van der Waals surface area contributed by atoms with Crippen LogP contribution in [0.5, 0.6) is 5.75 Å². The van der Waals surface area contributed by atoms with Crippen LogP contribution in [0.4, 0.5) is 18.9 Å². The van der Waals surface area contributed by atoms with Crippen LogP contribution in [0.25, 0.3) is 21.3 Å². The van der Waals surface area contributed by atoms with Crippen molar-refractivity contribution < 1.29 is 27.5 Å². The van der Waals surface area contributed by atoms with E-state index in [9.17, 15) is 22.8 Å². The quantitative estimate of drug-likeness (QED) is 0.267. The summed E-state index contributed by atoms with van der Waals surface area (Å²) in [4.78, 5) is 29.5. The summed E-state index contributed by atoms with van der Waals surface area (Å²) in [5.41, 5.74) is 6.12. The normalized spacial score (nSPS) is 11.2. The van der Waals surface area contributed by atoms with Crippen molar-refractivity contribution in [2.75, 3.05) is 5.32 Å². The molecule has 192 valence electrons. The molecule has 0 radical (unpaired) electrons. The Morgan fingerprint density at radius 3 is 2.50 bits per heavy atom. The Balaban J connectivity index is 1.49. The summed E-state index contributed by atoms with van der Waals surface area (Å²) in [5.74, 6) is -1.50. The SMILES string of the molecule is NC(=O)c1sc2nc(C(F)F)cc(-c3ccccc3)c2c1NC(=O)c1ccn(COc2ccc(F)cc2)n1. The summed E-state index contributed by atoms with van der Waals surface area (Å²) in [7, 11) is 0. The van der Waals surface area contributed by atoms with Gasteiger partial charge in [-0.1, -0.05) is 30.3 Å². The number of hydrogen-bond donors (Lipinski definition) is 2. The van der Waals surface area contributed by atoms with Crippen LogP contribution in [-0.4, -0.2) is 26.6 Å². The Morgan fingerprint density at radius 1 is 1.08 bits per heavy atom. The van der Waals surface area contributed by atoms with Gasteiger partial charge in [-0.15, -0.1) is 11.3 Å². The zero-order valence-electron chi connectivity index (χ0n) is 19.4. The lowest BCUT2D eigenvalue weighted by Crippen LogP contribution is -2.17. The molecule has 2 aromatic carbocycles. The molecule has 38 heavy (non-hydrogen) atoms. The van der Waals surface area contributed by atoms with E-state index in [1.165, 1.54) is 47.3 Å². The van der Waals surface area contributed by atoms with Crippen LogP contribution >= 0.6 is 11.3 Å². The lowest BCUT2D eigenvalue weighted by atomic mass is 10.0. The molecule has 2 amide bonds. The van der Waals surface area contributed by atoms with E-state index in [0.717, 1.165) is 11.3 Å². The zero-order valence-corrected chi connectivity index (χ0v) is 20.2. The van der Waals surface area contributed by atoms with Crippen molar-refractivity contribution in [1.82, 2.24) is 14.8 Å². The number of nitrogens with zero attached hydrogens (tertiary/aromatic N) is 3. The number of anilines is 1. The predicted octanol–water partition coefficient (Wildman–Crippen LogP) is 5.62. The Hall–Kier alpha value is -4.71. The molecular weight excluding hydrogens is 519 g/mol. The van der Waals surface area contributed by atoms with Gasteiger partial charge in [0, 0.05) is 11.6 Å². The number of rotatable bonds is 8. The third kappa shape index (κ3) is 5.06. The summed E-state index contributed by atoms with van der Waals surface area (Å²) < 4.78 is 47.2.